The van der Waals surface area contributed by atoms with E-state index >= 15 is 0 Å². The molecular weight excluding hydrogens is 340 g/mol. The molecule has 1 aromatic carbocycles. The number of benzene rings is 1. The third kappa shape index (κ3) is 4.40. The lowest BCUT2D eigenvalue weighted by molar-refractivity contribution is 0.206. The molecule has 1 aliphatic heterocycles. The van der Waals surface area contributed by atoms with Gasteiger partial charge in [0.1, 0.15) is 5.82 Å². The van der Waals surface area contributed by atoms with E-state index in [1.54, 1.807) is 11.3 Å². The number of thiazole rings is 1. The molecule has 5 heteroatoms. The maximum atomic E-state index is 4.67. The van der Waals surface area contributed by atoms with E-state index in [9.17, 15) is 0 Å². The Bertz CT molecular complexity index is 773. The molecule has 3 aromatic rings. The number of imidazole rings is 1. The second-order valence-corrected chi connectivity index (χ2v) is 7.82. The average molecular weight is 367 g/mol. The van der Waals surface area contributed by atoms with Gasteiger partial charge in [0, 0.05) is 23.7 Å². The predicted molar refractivity (Wildman–Crippen MR) is 107 cm³/mol. The molecular formula is C21H26N4S. The largest absolute Gasteiger partial charge is 0.329 e. The van der Waals surface area contributed by atoms with Crippen LogP contribution in [0.5, 0.6) is 0 Å². The molecule has 0 bridgehead atoms. The number of piperidine rings is 1. The van der Waals surface area contributed by atoms with Gasteiger partial charge in [-0.2, -0.15) is 0 Å². The number of hydrogen-bond donors (Lipinski definition) is 0. The Morgan fingerprint density at radius 1 is 1.08 bits per heavy atom. The molecule has 4 rings (SSSR count). The normalized spacial score (nSPS) is 16.2. The smallest absolute Gasteiger partial charge is 0.112 e. The number of nitrogens with zero attached hydrogens (tertiary/aromatic N) is 4. The number of hydrogen-bond acceptors (Lipinski definition) is 4. The maximum Gasteiger partial charge on any atom is 0.112 e. The van der Waals surface area contributed by atoms with Gasteiger partial charge in [0.2, 0.25) is 0 Å². The van der Waals surface area contributed by atoms with Crippen LogP contribution in [0.3, 0.4) is 0 Å². The van der Waals surface area contributed by atoms with Gasteiger partial charge < -0.3 is 9.47 Å². The first-order chi connectivity index (χ1) is 12.9. The van der Waals surface area contributed by atoms with Gasteiger partial charge in [0.05, 0.1) is 17.7 Å². The summed E-state index contributed by atoms with van der Waals surface area (Å²) in [6, 6.07) is 10.8. The van der Waals surface area contributed by atoms with Gasteiger partial charge >= 0.3 is 0 Å². The summed E-state index contributed by atoms with van der Waals surface area (Å²) in [6.07, 6.45) is 8.87. The van der Waals surface area contributed by atoms with Crippen LogP contribution in [-0.2, 0) is 13.0 Å². The molecule has 26 heavy (non-hydrogen) atoms. The van der Waals surface area contributed by atoms with E-state index < -0.39 is 0 Å². The van der Waals surface area contributed by atoms with Crippen molar-refractivity contribution < 1.29 is 0 Å². The summed E-state index contributed by atoms with van der Waals surface area (Å²) in [7, 11) is 0. The van der Waals surface area contributed by atoms with Crippen molar-refractivity contribution in [2.24, 2.45) is 0 Å². The highest BCUT2D eigenvalue weighted by Crippen LogP contribution is 2.27. The van der Waals surface area contributed by atoms with Gasteiger partial charge in [-0.25, -0.2) is 9.97 Å². The minimum Gasteiger partial charge on any atom is -0.329 e. The van der Waals surface area contributed by atoms with Crippen molar-refractivity contribution in [3.05, 3.63) is 70.7 Å². The Balaban J connectivity index is 1.26. The van der Waals surface area contributed by atoms with Crippen LogP contribution in [0.1, 0.15) is 42.3 Å². The molecule has 0 unspecified atom stereocenters. The lowest BCUT2D eigenvalue weighted by Gasteiger charge is -2.31. The summed E-state index contributed by atoms with van der Waals surface area (Å²) in [5.74, 6) is 1.82. The van der Waals surface area contributed by atoms with Crippen molar-refractivity contribution in [2.45, 2.75) is 38.1 Å². The van der Waals surface area contributed by atoms with Crippen molar-refractivity contribution >= 4 is 11.3 Å². The fraction of sp³-hybridized carbons (Fsp3) is 0.429. The third-order valence-corrected chi connectivity index (χ3v) is 5.93. The molecule has 136 valence electrons. The first-order valence-corrected chi connectivity index (χ1v) is 10.5. The minimum atomic E-state index is 0.578. The topological polar surface area (TPSA) is 34.0 Å². The fourth-order valence-corrected chi connectivity index (χ4v) is 4.42. The molecule has 0 spiro atoms. The summed E-state index contributed by atoms with van der Waals surface area (Å²) < 4.78 is 2.28. The van der Waals surface area contributed by atoms with Gasteiger partial charge in [-0.15, -0.1) is 11.3 Å². The first kappa shape index (κ1) is 17.4. The summed E-state index contributed by atoms with van der Waals surface area (Å²) in [6.45, 7) is 4.41. The molecule has 0 atom stereocenters. The molecule has 0 N–H and O–H groups in total. The maximum absolute atomic E-state index is 4.67. The van der Waals surface area contributed by atoms with Crippen LogP contribution in [0.4, 0.5) is 0 Å². The van der Waals surface area contributed by atoms with Gasteiger partial charge in [0.25, 0.3) is 0 Å². The Kier molecular flexibility index (Phi) is 5.77. The molecule has 0 saturated carbocycles. The Morgan fingerprint density at radius 2 is 1.92 bits per heavy atom. The first-order valence-electron chi connectivity index (χ1n) is 9.53. The van der Waals surface area contributed by atoms with Crippen molar-refractivity contribution in [1.82, 2.24) is 19.4 Å². The third-order valence-electron chi connectivity index (χ3n) is 5.30. The van der Waals surface area contributed by atoms with Gasteiger partial charge in [-0.1, -0.05) is 30.3 Å². The lowest BCUT2D eigenvalue weighted by Crippen LogP contribution is -2.34. The van der Waals surface area contributed by atoms with Crippen LogP contribution in [0.15, 0.2) is 53.6 Å². The number of aromatic nitrogens is 3. The lowest BCUT2D eigenvalue weighted by atomic mass is 9.95. The predicted octanol–water partition coefficient (Wildman–Crippen LogP) is 4.20. The van der Waals surface area contributed by atoms with E-state index in [-0.39, 0.29) is 0 Å². The van der Waals surface area contributed by atoms with E-state index in [2.05, 4.69) is 61.3 Å². The molecule has 1 fully saturated rings. The highest BCUT2D eigenvalue weighted by atomic mass is 32.1. The van der Waals surface area contributed by atoms with Crippen molar-refractivity contribution in [2.75, 3.05) is 19.6 Å². The average Bonchev–Trinajstić information content (AvgIpc) is 3.36. The van der Waals surface area contributed by atoms with Crippen LogP contribution in [-0.4, -0.2) is 39.1 Å². The minimum absolute atomic E-state index is 0.578. The molecule has 3 heterocycles. The summed E-state index contributed by atoms with van der Waals surface area (Å²) in [5, 5.41) is 2.12. The molecule has 2 aromatic heterocycles. The Labute approximate surface area is 159 Å². The van der Waals surface area contributed by atoms with E-state index in [0.29, 0.717) is 5.92 Å². The van der Waals surface area contributed by atoms with Crippen LogP contribution in [0.2, 0.25) is 0 Å². The van der Waals surface area contributed by atoms with E-state index in [1.165, 1.54) is 56.7 Å². The molecule has 0 aliphatic carbocycles. The van der Waals surface area contributed by atoms with E-state index in [4.69, 9.17) is 0 Å². The standard InChI is InChI=1S/C21H26N4S/c1-2-5-18(6-3-1)7-4-11-24-12-8-19(9-13-24)21-22-10-14-25(21)15-20-16-26-17-23-20/h1-3,5-6,10,14,16-17,19H,4,7-9,11-13,15H2. The van der Waals surface area contributed by atoms with Crippen molar-refractivity contribution in [3.8, 4) is 0 Å². The highest BCUT2D eigenvalue weighted by Gasteiger charge is 2.23. The monoisotopic (exact) mass is 366 g/mol. The summed E-state index contributed by atoms with van der Waals surface area (Å²) in [4.78, 5) is 11.7. The Hall–Kier alpha value is -1.98. The molecule has 1 aliphatic rings. The molecule has 4 nitrogen and oxygen atoms in total. The molecule has 0 amide bonds. The van der Waals surface area contributed by atoms with Crippen LogP contribution in [0, 0.1) is 0 Å². The number of aryl methyl sites for hydroxylation is 1. The van der Waals surface area contributed by atoms with Gasteiger partial charge in [0.15, 0.2) is 0 Å². The zero-order valence-electron chi connectivity index (χ0n) is 15.1. The zero-order chi connectivity index (χ0) is 17.6. The second-order valence-electron chi connectivity index (χ2n) is 7.10. The second kappa shape index (κ2) is 8.60. The van der Waals surface area contributed by atoms with E-state index in [0.717, 1.165) is 12.2 Å². The summed E-state index contributed by atoms with van der Waals surface area (Å²) >= 11 is 1.66. The van der Waals surface area contributed by atoms with Crippen LogP contribution < -0.4 is 0 Å². The fourth-order valence-electron chi connectivity index (χ4n) is 3.87. The van der Waals surface area contributed by atoms with Crippen LogP contribution >= 0.6 is 11.3 Å². The molecule has 0 radical (unpaired) electrons. The van der Waals surface area contributed by atoms with Gasteiger partial charge in [-0.05, 0) is 50.9 Å². The van der Waals surface area contributed by atoms with Crippen molar-refractivity contribution in [1.29, 1.82) is 0 Å². The van der Waals surface area contributed by atoms with Crippen LogP contribution in [0.25, 0.3) is 0 Å². The number of rotatable bonds is 7. The van der Waals surface area contributed by atoms with Gasteiger partial charge in [-0.3, -0.25) is 0 Å². The highest BCUT2D eigenvalue weighted by molar-refractivity contribution is 7.07. The Morgan fingerprint density at radius 3 is 2.69 bits per heavy atom. The number of likely N-dealkylation sites (tertiary alicyclic amines) is 1. The molecule has 1 saturated heterocycles. The quantitative estimate of drug-likeness (QED) is 0.628. The van der Waals surface area contributed by atoms with E-state index in [1.807, 2.05) is 11.7 Å². The summed E-state index contributed by atoms with van der Waals surface area (Å²) in [5.41, 5.74) is 4.49. The SMILES string of the molecule is c1ccc(CCCN2CCC(c3nccn3Cc3cscn3)CC2)cc1. The van der Waals surface area contributed by atoms with Crippen molar-refractivity contribution in [3.63, 3.8) is 0 Å². The zero-order valence-corrected chi connectivity index (χ0v) is 15.9.